The van der Waals surface area contributed by atoms with E-state index in [0.717, 1.165) is 0 Å². The summed E-state index contributed by atoms with van der Waals surface area (Å²) in [6.07, 6.45) is -0.111. The van der Waals surface area contributed by atoms with Gasteiger partial charge < -0.3 is 0 Å². The Balaban J connectivity index is 4.48. The molecule has 0 aromatic heterocycles. The summed E-state index contributed by atoms with van der Waals surface area (Å²) in [4.78, 5) is 0. The van der Waals surface area contributed by atoms with Crippen molar-refractivity contribution in [3.8, 4) is 0 Å². The first kappa shape index (κ1) is 23.7. The number of rotatable bonds is 13. The molecule has 0 aliphatic carbocycles. The zero-order valence-corrected chi connectivity index (χ0v) is 16.6. The standard InChI is InChI=1S/C10H22O10S4/c1-3-7-21(11,12)19-23(15,16)9-5-6-10-24(17,18)20-22(13,14)8-4-2/h3-10H2,1-2H3. The molecule has 10 nitrogen and oxygen atoms in total. The molecule has 0 amide bonds. The summed E-state index contributed by atoms with van der Waals surface area (Å²) in [5.41, 5.74) is 0. The molecule has 14 heteroatoms. The summed E-state index contributed by atoms with van der Waals surface area (Å²) in [7, 11) is -17.1. The fourth-order valence-corrected chi connectivity index (χ4v) is 7.24. The fourth-order valence-electron chi connectivity index (χ4n) is 1.51. The average Bonchev–Trinajstić information content (AvgIpc) is 2.31. The third kappa shape index (κ3) is 11.3. The topological polar surface area (TPSA) is 155 Å². The molecule has 0 atom stereocenters. The second-order valence-corrected chi connectivity index (χ2v) is 12.1. The highest BCUT2D eigenvalue weighted by atomic mass is 32.3. The van der Waals surface area contributed by atoms with Gasteiger partial charge >= 0.3 is 0 Å². The monoisotopic (exact) mass is 430 g/mol. The predicted octanol–water partition coefficient (Wildman–Crippen LogP) is -0.0610. The van der Waals surface area contributed by atoms with E-state index in [-0.39, 0.29) is 25.7 Å². The van der Waals surface area contributed by atoms with Crippen LogP contribution in [0.5, 0.6) is 0 Å². The maximum absolute atomic E-state index is 11.5. The van der Waals surface area contributed by atoms with E-state index in [1.54, 1.807) is 0 Å². The summed E-state index contributed by atoms with van der Waals surface area (Å²) >= 11 is 0. The van der Waals surface area contributed by atoms with E-state index >= 15 is 0 Å². The van der Waals surface area contributed by atoms with E-state index in [0.29, 0.717) is 0 Å². The Bertz CT molecular complexity index is 720. The van der Waals surface area contributed by atoms with Crippen molar-refractivity contribution in [2.75, 3.05) is 23.0 Å². The molecule has 146 valence electrons. The Morgan fingerprint density at radius 1 is 0.500 bits per heavy atom. The highest BCUT2D eigenvalue weighted by Gasteiger charge is 2.24. The van der Waals surface area contributed by atoms with E-state index in [2.05, 4.69) is 7.26 Å². The molecular formula is C10H22O10S4. The van der Waals surface area contributed by atoms with Crippen LogP contribution in [0.25, 0.3) is 0 Å². The lowest BCUT2D eigenvalue weighted by molar-refractivity contribution is 0.453. The van der Waals surface area contributed by atoms with Crippen molar-refractivity contribution in [2.24, 2.45) is 0 Å². The summed E-state index contributed by atoms with van der Waals surface area (Å²) in [5, 5.41) is 0. The quantitative estimate of drug-likeness (QED) is 0.363. The van der Waals surface area contributed by atoms with Crippen molar-refractivity contribution in [1.29, 1.82) is 0 Å². The third-order valence-electron chi connectivity index (χ3n) is 2.36. The number of hydrogen-bond donors (Lipinski definition) is 0. The molecule has 0 aliphatic heterocycles. The maximum Gasteiger partial charge on any atom is 0.281 e. The van der Waals surface area contributed by atoms with Gasteiger partial charge in [0.25, 0.3) is 40.5 Å². The molecule has 0 saturated carbocycles. The van der Waals surface area contributed by atoms with Crippen molar-refractivity contribution < 1.29 is 40.9 Å². The van der Waals surface area contributed by atoms with Crippen LogP contribution in [0.2, 0.25) is 0 Å². The second kappa shape index (κ2) is 9.43. The normalized spacial score (nSPS) is 13.9. The largest absolute Gasteiger partial charge is 0.281 e. The van der Waals surface area contributed by atoms with Crippen molar-refractivity contribution in [3.63, 3.8) is 0 Å². The fraction of sp³-hybridized carbons (Fsp3) is 1.00. The van der Waals surface area contributed by atoms with Gasteiger partial charge in [-0.3, -0.25) is 0 Å². The van der Waals surface area contributed by atoms with Crippen LogP contribution in [0, 0.1) is 0 Å². The van der Waals surface area contributed by atoms with Crippen molar-refractivity contribution >= 4 is 40.5 Å². The Kier molecular flexibility index (Phi) is 9.32. The minimum Gasteiger partial charge on any atom is -0.198 e. The van der Waals surface area contributed by atoms with Crippen LogP contribution >= 0.6 is 0 Å². The zero-order valence-electron chi connectivity index (χ0n) is 13.4. The molecule has 0 rings (SSSR count). The van der Waals surface area contributed by atoms with Gasteiger partial charge in [-0.25, -0.2) is 0 Å². The molecule has 24 heavy (non-hydrogen) atoms. The molecule has 0 aromatic carbocycles. The molecule has 0 heterocycles. The Morgan fingerprint density at radius 2 is 0.750 bits per heavy atom. The predicted molar refractivity (Wildman–Crippen MR) is 87.1 cm³/mol. The van der Waals surface area contributed by atoms with Gasteiger partial charge in [-0.1, -0.05) is 13.8 Å². The Hall–Kier alpha value is -0.280. The molecule has 0 aliphatic rings. The average molecular weight is 431 g/mol. The first-order chi connectivity index (χ1) is 10.7. The van der Waals surface area contributed by atoms with E-state index in [4.69, 9.17) is 0 Å². The van der Waals surface area contributed by atoms with Gasteiger partial charge in [-0.15, -0.1) is 7.26 Å². The first-order valence-corrected chi connectivity index (χ1v) is 13.4. The zero-order chi connectivity index (χ0) is 19.1. The van der Waals surface area contributed by atoms with E-state index in [9.17, 15) is 33.7 Å². The molecule has 0 bridgehead atoms. The van der Waals surface area contributed by atoms with Crippen LogP contribution in [0.3, 0.4) is 0 Å². The molecular weight excluding hydrogens is 408 g/mol. The summed E-state index contributed by atoms with van der Waals surface area (Å²) in [5.74, 6) is -2.34. The van der Waals surface area contributed by atoms with Gasteiger partial charge in [0.1, 0.15) is 0 Å². The summed E-state index contributed by atoms with van der Waals surface area (Å²) in [6, 6.07) is 0. The van der Waals surface area contributed by atoms with Gasteiger partial charge in [-0.2, -0.15) is 33.7 Å². The van der Waals surface area contributed by atoms with Crippen LogP contribution in [-0.2, 0) is 47.7 Å². The third-order valence-corrected chi connectivity index (χ3v) is 9.07. The lowest BCUT2D eigenvalue weighted by atomic mass is 10.4. The van der Waals surface area contributed by atoms with Crippen molar-refractivity contribution in [1.82, 2.24) is 0 Å². The van der Waals surface area contributed by atoms with Crippen LogP contribution in [-0.4, -0.2) is 56.7 Å². The highest BCUT2D eigenvalue weighted by molar-refractivity contribution is 8.00. The van der Waals surface area contributed by atoms with Crippen molar-refractivity contribution in [2.45, 2.75) is 39.5 Å². The van der Waals surface area contributed by atoms with Gasteiger partial charge in [0.05, 0.1) is 23.0 Å². The lowest BCUT2D eigenvalue weighted by Gasteiger charge is -2.06. The summed E-state index contributed by atoms with van der Waals surface area (Å²) in [6.45, 7) is 3.07. The minimum absolute atomic E-state index is 0.180. The Morgan fingerprint density at radius 3 is 1.00 bits per heavy atom. The highest BCUT2D eigenvalue weighted by Crippen LogP contribution is 2.10. The molecule has 0 saturated heterocycles. The van der Waals surface area contributed by atoms with E-state index in [1.165, 1.54) is 13.8 Å². The van der Waals surface area contributed by atoms with Crippen LogP contribution < -0.4 is 0 Å². The van der Waals surface area contributed by atoms with Gasteiger partial charge in [0.2, 0.25) is 0 Å². The van der Waals surface area contributed by atoms with Gasteiger partial charge in [0.15, 0.2) is 0 Å². The van der Waals surface area contributed by atoms with Crippen molar-refractivity contribution in [3.05, 3.63) is 0 Å². The van der Waals surface area contributed by atoms with Crippen LogP contribution in [0.1, 0.15) is 39.5 Å². The maximum atomic E-state index is 11.5. The molecule has 0 spiro atoms. The van der Waals surface area contributed by atoms with Gasteiger partial charge in [-0.05, 0) is 25.7 Å². The first-order valence-electron chi connectivity index (χ1n) is 7.07. The molecule has 0 radical (unpaired) electrons. The summed E-state index contributed by atoms with van der Waals surface area (Å²) < 4.78 is 99.2. The van der Waals surface area contributed by atoms with Crippen LogP contribution in [0.15, 0.2) is 0 Å². The second-order valence-electron chi connectivity index (χ2n) is 4.89. The van der Waals surface area contributed by atoms with Crippen LogP contribution in [0.4, 0.5) is 0 Å². The SMILES string of the molecule is CCCS(=O)(=O)OS(=O)(=O)CCCCS(=O)(=O)OS(=O)(=O)CCC. The molecule has 0 fully saturated rings. The molecule has 0 unspecified atom stereocenters. The van der Waals surface area contributed by atoms with Gasteiger partial charge in [0, 0.05) is 0 Å². The van der Waals surface area contributed by atoms with E-state index < -0.39 is 63.5 Å². The smallest absolute Gasteiger partial charge is 0.198 e. The number of hydrogen-bond acceptors (Lipinski definition) is 10. The molecule has 0 aromatic rings. The number of unbranched alkanes of at least 4 members (excludes halogenated alkanes) is 1. The van der Waals surface area contributed by atoms with E-state index in [1.807, 2.05) is 0 Å². The lowest BCUT2D eigenvalue weighted by Crippen LogP contribution is -2.21. The minimum atomic E-state index is -4.36. The molecule has 0 N–H and O–H groups in total. The Labute approximate surface area is 144 Å².